The highest BCUT2D eigenvalue weighted by atomic mass is 16.3. The fourth-order valence-corrected chi connectivity index (χ4v) is 5.22. The van der Waals surface area contributed by atoms with E-state index in [-0.39, 0.29) is 17.2 Å². The Labute approximate surface area is 222 Å². The van der Waals surface area contributed by atoms with Gasteiger partial charge >= 0.3 is 0 Å². The van der Waals surface area contributed by atoms with E-state index in [9.17, 15) is 14.7 Å². The molecule has 0 saturated heterocycles. The Kier molecular flexibility index (Phi) is 6.31. The third kappa shape index (κ3) is 4.24. The molecule has 3 aromatic carbocycles. The van der Waals surface area contributed by atoms with Crippen molar-refractivity contribution < 1.29 is 9.90 Å². The van der Waals surface area contributed by atoms with E-state index in [0.29, 0.717) is 28.2 Å². The molecule has 2 heterocycles. The molecule has 0 aliphatic carbocycles. The van der Waals surface area contributed by atoms with Crippen LogP contribution in [0, 0.1) is 40.5 Å². The summed E-state index contributed by atoms with van der Waals surface area (Å²) in [5.74, 6) is -1.50. The van der Waals surface area contributed by atoms with Crippen LogP contribution >= 0.6 is 0 Å². The zero-order chi connectivity index (χ0) is 27.3. The van der Waals surface area contributed by atoms with Gasteiger partial charge in [-0.25, -0.2) is 9.69 Å². The molecule has 4 aromatic rings. The van der Waals surface area contributed by atoms with Crippen molar-refractivity contribution >= 4 is 17.3 Å². The zero-order valence-electron chi connectivity index (χ0n) is 22.5. The molecule has 1 aliphatic rings. The Bertz CT molecular complexity index is 1660. The first-order chi connectivity index (χ1) is 18.1. The second-order valence-corrected chi connectivity index (χ2v) is 10.3. The molecule has 0 radical (unpaired) electrons. The summed E-state index contributed by atoms with van der Waals surface area (Å²) in [6.07, 6.45) is 0. The third-order valence-electron chi connectivity index (χ3n) is 7.66. The quantitative estimate of drug-likeness (QED) is 0.369. The van der Waals surface area contributed by atoms with Crippen LogP contribution in [0.25, 0.3) is 5.69 Å². The van der Waals surface area contributed by atoms with Gasteiger partial charge in [0.05, 0.1) is 17.3 Å². The smallest absolute Gasteiger partial charge is 0.275 e. The van der Waals surface area contributed by atoms with E-state index in [1.54, 1.807) is 18.2 Å². The van der Waals surface area contributed by atoms with E-state index >= 15 is 0 Å². The minimum atomic E-state index is -0.714. The van der Waals surface area contributed by atoms with E-state index in [1.807, 2.05) is 84.0 Å². The standard InChI is InChI=1S/C31H32N4O3/c1-17-10-12-24(14-19(17)3)34-30(37)27(21(5)32-34)29(23-8-7-9-26(36)16-23)28-22(6)33-35(31(28)38)25-13-11-18(2)20(4)15-25/h7-16,27,29,33,36H,1-6H3/t27-,29-/m1/s1. The Morgan fingerprint density at radius 1 is 0.816 bits per heavy atom. The molecule has 38 heavy (non-hydrogen) atoms. The second kappa shape index (κ2) is 9.49. The van der Waals surface area contributed by atoms with Crippen LogP contribution in [0.4, 0.5) is 5.69 Å². The zero-order valence-corrected chi connectivity index (χ0v) is 22.5. The van der Waals surface area contributed by atoms with Crippen LogP contribution in [0.2, 0.25) is 0 Å². The van der Waals surface area contributed by atoms with Crippen LogP contribution in [-0.4, -0.2) is 26.5 Å². The molecule has 2 atom stereocenters. The van der Waals surface area contributed by atoms with Crippen molar-refractivity contribution in [1.29, 1.82) is 0 Å². The number of benzene rings is 3. The largest absolute Gasteiger partial charge is 0.508 e. The number of hydrogen-bond acceptors (Lipinski definition) is 4. The number of amides is 1. The van der Waals surface area contributed by atoms with E-state index in [2.05, 4.69) is 10.2 Å². The summed E-state index contributed by atoms with van der Waals surface area (Å²) >= 11 is 0. The summed E-state index contributed by atoms with van der Waals surface area (Å²) in [6.45, 7) is 11.7. The number of hydrogen-bond donors (Lipinski definition) is 2. The van der Waals surface area contributed by atoms with E-state index < -0.39 is 11.8 Å². The van der Waals surface area contributed by atoms with Gasteiger partial charge in [-0.3, -0.25) is 14.7 Å². The number of aromatic hydroxyl groups is 1. The molecule has 1 aliphatic heterocycles. The van der Waals surface area contributed by atoms with Crippen LogP contribution < -0.4 is 10.6 Å². The molecular formula is C31H32N4O3. The van der Waals surface area contributed by atoms with Crippen LogP contribution in [0.1, 0.15) is 51.9 Å². The van der Waals surface area contributed by atoms with Crippen LogP contribution in [-0.2, 0) is 4.79 Å². The molecule has 0 fully saturated rings. The highest BCUT2D eigenvalue weighted by Crippen LogP contribution is 2.39. The normalized spacial score (nSPS) is 16.2. The molecule has 0 bridgehead atoms. The van der Waals surface area contributed by atoms with Gasteiger partial charge in [0, 0.05) is 22.9 Å². The van der Waals surface area contributed by atoms with E-state index in [0.717, 1.165) is 27.9 Å². The predicted molar refractivity (Wildman–Crippen MR) is 151 cm³/mol. The van der Waals surface area contributed by atoms with Gasteiger partial charge in [0.2, 0.25) is 0 Å². The molecular weight excluding hydrogens is 476 g/mol. The van der Waals surface area contributed by atoms with E-state index in [4.69, 9.17) is 0 Å². The monoisotopic (exact) mass is 508 g/mol. The molecule has 0 saturated carbocycles. The molecule has 5 rings (SSSR count). The minimum Gasteiger partial charge on any atom is -0.508 e. The first-order valence-corrected chi connectivity index (χ1v) is 12.7. The number of aromatic amines is 1. The third-order valence-corrected chi connectivity index (χ3v) is 7.66. The number of phenolic OH excluding ortho intramolecular Hbond substituents is 1. The molecule has 0 spiro atoms. The average molecular weight is 509 g/mol. The maximum Gasteiger partial charge on any atom is 0.275 e. The number of nitrogens with zero attached hydrogens (tertiary/aromatic N) is 3. The summed E-state index contributed by atoms with van der Waals surface area (Å²) in [6, 6.07) is 18.4. The van der Waals surface area contributed by atoms with Gasteiger partial charge in [-0.2, -0.15) is 5.10 Å². The Morgan fingerprint density at radius 2 is 1.45 bits per heavy atom. The molecule has 1 amide bonds. The summed E-state index contributed by atoms with van der Waals surface area (Å²) in [5.41, 5.74) is 8.00. The SMILES string of the molecule is CC1=NN(c2ccc(C)c(C)c2)C(=O)[C@H]1[C@@H](c1cccc(O)c1)c1c(C)[nH]n(-c2ccc(C)c(C)c2)c1=O. The predicted octanol–water partition coefficient (Wildman–Crippen LogP) is 5.58. The number of hydrazone groups is 1. The lowest BCUT2D eigenvalue weighted by atomic mass is 9.78. The summed E-state index contributed by atoms with van der Waals surface area (Å²) in [4.78, 5) is 28.0. The number of carbonyl (C=O) groups is 1. The highest BCUT2D eigenvalue weighted by Gasteiger charge is 2.43. The first kappa shape index (κ1) is 25.3. The lowest BCUT2D eigenvalue weighted by Crippen LogP contribution is -2.34. The van der Waals surface area contributed by atoms with Gasteiger partial charge in [-0.15, -0.1) is 0 Å². The number of rotatable bonds is 5. The fraction of sp³-hybridized carbons (Fsp3) is 0.258. The number of anilines is 1. The van der Waals surface area contributed by atoms with Gasteiger partial charge in [0.15, 0.2) is 0 Å². The summed E-state index contributed by atoms with van der Waals surface area (Å²) in [5, 5.41) is 19.6. The summed E-state index contributed by atoms with van der Waals surface area (Å²) in [7, 11) is 0. The molecule has 1 aromatic heterocycles. The van der Waals surface area contributed by atoms with Crippen molar-refractivity contribution in [3.8, 4) is 11.4 Å². The van der Waals surface area contributed by atoms with Crippen molar-refractivity contribution in [3.63, 3.8) is 0 Å². The molecule has 0 unspecified atom stereocenters. The Hall–Kier alpha value is -4.39. The maximum atomic E-state index is 14.0. The molecule has 7 heteroatoms. The number of H-pyrrole nitrogens is 1. The van der Waals surface area contributed by atoms with Crippen molar-refractivity contribution in [2.24, 2.45) is 11.0 Å². The van der Waals surface area contributed by atoms with Crippen molar-refractivity contribution in [2.75, 3.05) is 5.01 Å². The number of phenols is 1. The fourth-order valence-electron chi connectivity index (χ4n) is 5.22. The number of aromatic nitrogens is 2. The lowest BCUT2D eigenvalue weighted by Gasteiger charge is -2.23. The van der Waals surface area contributed by atoms with Gasteiger partial charge in [0.1, 0.15) is 5.75 Å². The summed E-state index contributed by atoms with van der Waals surface area (Å²) < 4.78 is 1.53. The molecule has 7 nitrogen and oxygen atoms in total. The van der Waals surface area contributed by atoms with Crippen molar-refractivity contribution in [1.82, 2.24) is 9.78 Å². The number of nitrogens with one attached hydrogen (secondary N) is 1. The Morgan fingerprint density at radius 3 is 2.08 bits per heavy atom. The van der Waals surface area contributed by atoms with Crippen molar-refractivity contribution in [2.45, 2.75) is 47.5 Å². The maximum absolute atomic E-state index is 14.0. The highest BCUT2D eigenvalue weighted by molar-refractivity contribution is 6.15. The second-order valence-electron chi connectivity index (χ2n) is 10.3. The number of aryl methyl sites for hydroxylation is 5. The number of carbonyl (C=O) groups excluding carboxylic acids is 1. The van der Waals surface area contributed by atoms with Crippen LogP contribution in [0.5, 0.6) is 5.75 Å². The van der Waals surface area contributed by atoms with Gasteiger partial charge in [-0.05, 0) is 106 Å². The van der Waals surface area contributed by atoms with E-state index in [1.165, 1.54) is 9.69 Å². The first-order valence-electron chi connectivity index (χ1n) is 12.7. The van der Waals surface area contributed by atoms with Gasteiger partial charge in [0.25, 0.3) is 11.5 Å². The Balaban J connectivity index is 1.66. The molecule has 2 N–H and O–H groups in total. The lowest BCUT2D eigenvalue weighted by molar-refractivity contribution is -0.120. The molecule has 194 valence electrons. The van der Waals surface area contributed by atoms with Crippen molar-refractivity contribution in [3.05, 3.63) is 110 Å². The topological polar surface area (TPSA) is 90.7 Å². The minimum absolute atomic E-state index is 0.0706. The van der Waals surface area contributed by atoms with Gasteiger partial charge in [-0.1, -0.05) is 24.3 Å². The average Bonchev–Trinajstić information content (AvgIpc) is 3.33. The van der Waals surface area contributed by atoms with Crippen LogP contribution in [0.15, 0.2) is 70.6 Å². The van der Waals surface area contributed by atoms with Crippen LogP contribution in [0.3, 0.4) is 0 Å². The van der Waals surface area contributed by atoms with Gasteiger partial charge < -0.3 is 5.11 Å².